The van der Waals surface area contributed by atoms with Crippen LogP contribution in [-0.4, -0.2) is 39.6 Å². The van der Waals surface area contributed by atoms with E-state index < -0.39 is 0 Å². The minimum atomic E-state index is -0.283. The Hall–Kier alpha value is -2.42. The van der Waals surface area contributed by atoms with E-state index in [9.17, 15) is 4.79 Å². The van der Waals surface area contributed by atoms with Crippen molar-refractivity contribution in [3.63, 3.8) is 0 Å². The minimum Gasteiger partial charge on any atom is -0.377 e. The molecule has 0 spiro atoms. The molecule has 2 aromatic heterocycles. The SMILES string of the molecule is CCCn1nc(C)c(NC(=O)NCCc2nc(COC)no2)c1C. The van der Waals surface area contributed by atoms with Gasteiger partial charge in [0.2, 0.25) is 5.89 Å². The number of hydrogen-bond acceptors (Lipinski definition) is 6. The van der Waals surface area contributed by atoms with Crippen molar-refractivity contribution in [3.8, 4) is 0 Å². The second kappa shape index (κ2) is 8.44. The average molecular weight is 336 g/mol. The molecule has 0 aliphatic heterocycles. The van der Waals surface area contributed by atoms with Crippen LogP contribution in [0.2, 0.25) is 0 Å². The van der Waals surface area contributed by atoms with Gasteiger partial charge in [0.25, 0.3) is 0 Å². The zero-order chi connectivity index (χ0) is 17.5. The Kier molecular flexibility index (Phi) is 6.30. The predicted molar refractivity (Wildman–Crippen MR) is 87.7 cm³/mol. The number of amides is 2. The quantitative estimate of drug-likeness (QED) is 0.761. The van der Waals surface area contributed by atoms with Gasteiger partial charge in [-0.25, -0.2) is 4.79 Å². The van der Waals surface area contributed by atoms with E-state index in [2.05, 4.69) is 32.8 Å². The lowest BCUT2D eigenvalue weighted by atomic mass is 10.3. The molecule has 0 unspecified atom stereocenters. The number of rotatable bonds is 8. The van der Waals surface area contributed by atoms with E-state index in [4.69, 9.17) is 9.26 Å². The van der Waals surface area contributed by atoms with Gasteiger partial charge >= 0.3 is 6.03 Å². The van der Waals surface area contributed by atoms with Crippen molar-refractivity contribution in [3.05, 3.63) is 23.1 Å². The summed E-state index contributed by atoms with van der Waals surface area (Å²) in [6, 6.07) is -0.283. The maximum atomic E-state index is 12.0. The van der Waals surface area contributed by atoms with Gasteiger partial charge in [0.1, 0.15) is 6.61 Å². The Morgan fingerprint density at radius 2 is 2.17 bits per heavy atom. The van der Waals surface area contributed by atoms with Crippen LogP contribution in [0.15, 0.2) is 4.52 Å². The summed E-state index contributed by atoms with van der Waals surface area (Å²) in [5.41, 5.74) is 2.50. The molecule has 0 aliphatic carbocycles. The summed E-state index contributed by atoms with van der Waals surface area (Å²) in [6.45, 7) is 7.44. The Morgan fingerprint density at radius 3 is 2.88 bits per heavy atom. The van der Waals surface area contributed by atoms with Crippen LogP contribution in [0.4, 0.5) is 10.5 Å². The van der Waals surface area contributed by atoms with Crippen LogP contribution < -0.4 is 10.6 Å². The van der Waals surface area contributed by atoms with E-state index >= 15 is 0 Å². The number of urea groups is 1. The van der Waals surface area contributed by atoms with Gasteiger partial charge in [-0.05, 0) is 20.3 Å². The number of carbonyl (C=O) groups excluding carboxylic acids is 1. The van der Waals surface area contributed by atoms with Crippen LogP contribution >= 0.6 is 0 Å². The summed E-state index contributed by atoms with van der Waals surface area (Å²) < 4.78 is 11.9. The Balaban J connectivity index is 1.83. The number of hydrogen-bond donors (Lipinski definition) is 2. The van der Waals surface area contributed by atoms with Gasteiger partial charge in [0.05, 0.1) is 17.1 Å². The maximum absolute atomic E-state index is 12.0. The molecule has 2 aromatic rings. The van der Waals surface area contributed by atoms with E-state index in [1.54, 1.807) is 7.11 Å². The highest BCUT2D eigenvalue weighted by Crippen LogP contribution is 2.19. The molecule has 0 fully saturated rings. The lowest BCUT2D eigenvalue weighted by Gasteiger charge is -2.07. The molecule has 0 bridgehead atoms. The molecule has 0 saturated heterocycles. The second-order valence-corrected chi connectivity index (χ2v) is 5.44. The fourth-order valence-corrected chi connectivity index (χ4v) is 2.33. The average Bonchev–Trinajstić information content (AvgIpc) is 3.08. The molecule has 24 heavy (non-hydrogen) atoms. The van der Waals surface area contributed by atoms with Crippen LogP contribution in [-0.2, 0) is 24.3 Å². The van der Waals surface area contributed by atoms with Crippen LogP contribution in [0.25, 0.3) is 0 Å². The highest BCUT2D eigenvalue weighted by molar-refractivity contribution is 5.90. The Morgan fingerprint density at radius 1 is 1.38 bits per heavy atom. The number of nitrogens with one attached hydrogen (secondary N) is 2. The summed E-state index contributed by atoms with van der Waals surface area (Å²) in [6.07, 6.45) is 1.44. The van der Waals surface area contributed by atoms with Crippen molar-refractivity contribution in [1.82, 2.24) is 25.2 Å². The lowest BCUT2D eigenvalue weighted by molar-refractivity contribution is 0.174. The maximum Gasteiger partial charge on any atom is 0.319 e. The monoisotopic (exact) mass is 336 g/mol. The number of nitrogens with zero attached hydrogens (tertiary/aromatic N) is 4. The summed E-state index contributed by atoms with van der Waals surface area (Å²) in [4.78, 5) is 16.2. The molecule has 0 saturated carbocycles. The molecule has 9 heteroatoms. The van der Waals surface area contributed by atoms with Gasteiger partial charge in [-0.15, -0.1) is 0 Å². The number of anilines is 1. The number of aromatic nitrogens is 4. The van der Waals surface area contributed by atoms with Crippen molar-refractivity contribution in [2.45, 2.75) is 46.8 Å². The van der Waals surface area contributed by atoms with Gasteiger partial charge in [-0.2, -0.15) is 10.1 Å². The molecule has 2 amide bonds. The summed E-state index contributed by atoms with van der Waals surface area (Å²) in [5.74, 6) is 0.956. The smallest absolute Gasteiger partial charge is 0.319 e. The molecule has 132 valence electrons. The van der Waals surface area contributed by atoms with Gasteiger partial charge in [0.15, 0.2) is 5.82 Å². The number of methoxy groups -OCH3 is 1. The van der Waals surface area contributed by atoms with E-state index in [1.807, 2.05) is 18.5 Å². The molecule has 0 aromatic carbocycles. The first-order valence-electron chi connectivity index (χ1n) is 7.94. The van der Waals surface area contributed by atoms with Gasteiger partial charge in [-0.1, -0.05) is 12.1 Å². The van der Waals surface area contributed by atoms with Gasteiger partial charge in [-0.3, -0.25) is 4.68 Å². The summed E-state index contributed by atoms with van der Waals surface area (Å²) in [7, 11) is 1.56. The molecule has 2 rings (SSSR count). The zero-order valence-electron chi connectivity index (χ0n) is 14.5. The molecule has 9 nitrogen and oxygen atoms in total. The van der Waals surface area contributed by atoms with Crippen LogP contribution in [0, 0.1) is 13.8 Å². The zero-order valence-corrected chi connectivity index (χ0v) is 14.5. The topological polar surface area (TPSA) is 107 Å². The number of ether oxygens (including phenoxy) is 1. The van der Waals surface area contributed by atoms with Crippen molar-refractivity contribution in [2.75, 3.05) is 19.0 Å². The third-order valence-corrected chi connectivity index (χ3v) is 3.46. The number of carbonyl (C=O) groups is 1. The largest absolute Gasteiger partial charge is 0.377 e. The fourth-order valence-electron chi connectivity index (χ4n) is 2.33. The highest BCUT2D eigenvalue weighted by atomic mass is 16.5. The van der Waals surface area contributed by atoms with Crippen molar-refractivity contribution < 1.29 is 14.1 Å². The summed E-state index contributed by atoms with van der Waals surface area (Å²) >= 11 is 0. The standard InChI is InChI=1S/C15H24N6O3/c1-5-8-21-11(3)14(10(2)19-21)18-15(22)16-7-6-13-17-12(9-23-4)20-24-13/h5-9H2,1-4H3,(H2,16,18,22). The molecule has 2 heterocycles. The number of aryl methyl sites for hydroxylation is 2. The molecular weight excluding hydrogens is 312 g/mol. The minimum absolute atomic E-state index is 0.283. The lowest BCUT2D eigenvalue weighted by Crippen LogP contribution is -2.30. The van der Waals surface area contributed by atoms with E-state index in [0.717, 1.165) is 30.0 Å². The normalized spacial score (nSPS) is 10.8. The molecular formula is C15H24N6O3. The Labute approximate surface area is 140 Å². The van der Waals surface area contributed by atoms with E-state index in [-0.39, 0.29) is 6.03 Å². The highest BCUT2D eigenvalue weighted by Gasteiger charge is 2.14. The van der Waals surface area contributed by atoms with E-state index in [1.165, 1.54) is 0 Å². The second-order valence-electron chi connectivity index (χ2n) is 5.44. The van der Waals surface area contributed by atoms with Crippen LogP contribution in [0.1, 0.15) is 36.4 Å². The first-order chi connectivity index (χ1) is 11.5. The van der Waals surface area contributed by atoms with Gasteiger partial charge in [0, 0.05) is 26.6 Å². The van der Waals surface area contributed by atoms with Gasteiger partial charge < -0.3 is 19.9 Å². The molecule has 0 radical (unpaired) electrons. The van der Waals surface area contributed by atoms with Crippen LogP contribution in [0.5, 0.6) is 0 Å². The van der Waals surface area contributed by atoms with Crippen molar-refractivity contribution in [1.29, 1.82) is 0 Å². The van der Waals surface area contributed by atoms with Crippen LogP contribution in [0.3, 0.4) is 0 Å². The Bertz CT molecular complexity index is 679. The third kappa shape index (κ3) is 4.54. The fraction of sp³-hybridized carbons (Fsp3) is 0.600. The van der Waals surface area contributed by atoms with E-state index in [0.29, 0.717) is 31.3 Å². The third-order valence-electron chi connectivity index (χ3n) is 3.46. The summed E-state index contributed by atoms with van der Waals surface area (Å²) in [5, 5.41) is 13.8. The molecule has 0 aliphatic rings. The molecule has 0 atom stereocenters. The predicted octanol–water partition coefficient (Wildman–Crippen LogP) is 1.80. The first kappa shape index (κ1) is 17.9. The van der Waals surface area contributed by atoms with Crippen molar-refractivity contribution in [2.24, 2.45) is 0 Å². The molecule has 2 N–H and O–H groups in total. The first-order valence-corrected chi connectivity index (χ1v) is 7.94. The van der Waals surface area contributed by atoms with Crippen molar-refractivity contribution >= 4 is 11.7 Å².